The largest absolute Gasteiger partial charge is 0.370 e. The zero-order valence-corrected chi connectivity index (χ0v) is 13.5. The molecule has 1 heterocycles. The smallest absolute Gasteiger partial charge is 0.317 e. The van der Waals surface area contributed by atoms with Crippen LogP contribution in [0.25, 0.3) is 0 Å². The number of benzene rings is 1. The third-order valence-electron chi connectivity index (χ3n) is 4.53. The van der Waals surface area contributed by atoms with E-state index in [0.717, 1.165) is 18.4 Å². The van der Waals surface area contributed by atoms with Gasteiger partial charge in [-0.25, -0.2) is 4.79 Å². The molecule has 2 amide bonds. The topological polar surface area (TPSA) is 41.6 Å². The third-order valence-corrected chi connectivity index (χ3v) is 4.78. The Balaban J connectivity index is 1.57. The number of morpholine rings is 1. The molecule has 0 spiro atoms. The minimum atomic E-state index is -0.0666. The Morgan fingerprint density at radius 2 is 1.91 bits per heavy atom. The molecule has 0 radical (unpaired) electrons. The van der Waals surface area contributed by atoms with Gasteiger partial charge in [0.05, 0.1) is 13.2 Å². The van der Waals surface area contributed by atoms with Crippen molar-refractivity contribution in [3.63, 3.8) is 0 Å². The Labute approximate surface area is 136 Å². The van der Waals surface area contributed by atoms with E-state index in [4.69, 9.17) is 16.3 Å². The summed E-state index contributed by atoms with van der Waals surface area (Å²) in [5.41, 5.74) is 1.07. The molecule has 5 heteroatoms. The van der Waals surface area contributed by atoms with Gasteiger partial charge in [-0.15, -0.1) is 0 Å². The maximum absolute atomic E-state index is 12.4. The molecule has 1 unspecified atom stereocenters. The summed E-state index contributed by atoms with van der Waals surface area (Å²) in [6.07, 6.45) is 5.89. The maximum Gasteiger partial charge on any atom is 0.317 e. The zero-order valence-electron chi connectivity index (χ0n) is 12.8. The molecule has 1 aliphatic carbocycles. The number of hydrogen-bond donors (Lipinski definition) is 1. The van der Waals surface area contributed by atoms with Crippen molar-refractivity contribution in [1.82, 2.24) is 10.2 Å². The van der Waals surface area contributed by atoms with Crippen LogP contribution in [0.4, 0.5) is 4.79 Å². The summed E-state index contributed by atoms with van der Waals surface area (Å²) in [4.78, 5) is 14.3. The number of halogens is 1. The first-order chi connectivity index (χ1) is 10.7. The van der Waals surface area contributed by atoms with Gasteiger partial charge in [-0.3, -0.25) is 0 Å². The molecule has 22 heavy (non-hydrogen) atoms. The van der Waals surface area contributed by atoms with E-state index in [-0.39, 0.29) is 12.1 Å². The summed E-state index contributed by atoms with van der Waals surface area (Å²) < 4.78 is 5.81. The lowest BCUT2D eigenvalue weighted by molar-refractivity contribution is -0.0159. The highest BCUT2D eigenvalue weighted by Gasteiger charge is 2.27. The van der Waals surface area contributed by atoms with Crippen LogP contribution in [0.2, 0.25) is 5.02 Å². The van der Waals surface area contributed by atoms with Gasteiger partial charge in [-0.2, -0.15) is 0 Å². The predicted molar refractivity (Wildman–Crippen MR) is 87.1 cm³/mol. The summed E-state index contributed by atoms with van der Waals surface area (Å²) in [5, 5.41) is 3.89. The molecular formula is C17H23ClN2O2. The second kappa shape index (κ2) is 7.34. The van der Waals surface area contributed by atoms with Crippen LogP contribution in [-0.2, 0) is 4.74 Å². The van der Waals surface area contributed by atoms with Gasteiger partial charge in [0, 0.05) is 17.6 Å². The van der Waals surface area contributed by atoms with Crippen LogP contribution in [0.1, 0.15) is 43.8 Å². The highest BCUT2D eigenvalue weighted by Crippen LogP contribution is 2.24. The van der Waals surface area contributed by atoms with Crippen LogP contribution in [0.15, 0.2) is 24.3 Å². The van der Waals surface area contributed by atoms with Gasteiger partial charge in [0.2, 0.25) is 0 Å². The third kappa shape index (κ3) is 3.93. The molecule has 0 bridgehead atoms. The first-order valence-electron chi connectivity index (χ1n) is 8.15. The van der Waals surface area contributed by atoms with E-state index in [2.05, 4.69) is 5.32 Å². The number of urea groups is 1. The van der Waals surface area contributed by atoms with Gasteiger partial charge < -0.3 is 15.0 Å². The number of carbonyl (C=O) groups excluding carboxylic acids is 1. The van der Waals surface area contributed by atoms with E-state index >= 15 is 0 Å². The predicted octanol–water partition coefficient (Wildman–Crippen LogP) is 3.76. The van der Waals surface area contributed by atoms with E-state index in [1.165, 1.54) is 19.3 Å². The summed E-state index contributed by atoms with van der Waals surface area (Å²) in [6.45, 7) is 1.83. The van der Waals surface area contributed by atoms with Gasteiger partial charge in [-0.05, 0) is 30.5 Å². The van der Waals surface area contributed by atoms with Gasteiger partial charge in [0.15, 0.2) is 0 Å². The van der Waals surface area contributed by atoms with Crippen molar-refractivity contribution in [2.45, 2.75) is 44.2 Å². The number of ether oxygens (including phenoxy) is 1. The molecular weight excluding hydrogens is 300 g/mol. The Kier molecular flexibility index (Phi) is 5.21. The molecule has 1 saturated carbocycles. The van der Waals surface area contributed by atoms with Crippen molar-refractivity contribution in [2.24, 2.45) is 0 Å². The molecule has 1 saturated heterocycles. The zero-order chi connectivity index (χ0) is 15.4. The Morgan fingerprint density at radius 1 is 1.18 bits per heavy atom. The van der Waals surface area contributed by atoms with E-state index in [0.29, 0.717) is 30.8 Å². The maximum atomic E-state index is 12.4. The highest BCUT2D eigenvalue weighted by molar-refractivity contribution is 6.30. The Bertz CT molecular complexity index is 500. The molecule has 0 aromatic heterocycles. The van der Waals surface area contributed by atoms with Crippen molar-refractivity contribution in [1.29, 1.82) is 0 Å². The fourth-order valence-electron chi connectivity index (χ4n) is 3.23. The highest BCUT2D eigenvalue weighted by atomic mass is 35.5. The van der Waals surface area contributed by atoms with Gasteiger partial charge in [-0.1, -0.05) is 43.0 Å². The summed E-state index contributed by atoms with van der Waals surface area (Å²) in [7, 11) is 0. The molecule has 2 aliphatic rings. The lowest BCUT2D eigenvalue weighted by Crippen LogP contribution is -2.50. The van der Waals surface area contributed by atoms with Gasteiger partial charge >= 0.3 is 6.03 Å². The van der Waals surface area contributed by atoms with Crippen LogP contribution in [-0.4, -0.2) is 36.7 Å². The van der Waals surface area contributed by atoms with Crippen molar-refractivity contribution < 1.29 is 9.53 Å². The number of nitrogens with zero attached hydrogens (tertiary/aromatic N) is 1. The van der Waals surface area contributed by atoms with Crippen molar-refractivity contribution in [2.75, 3.05) is 19.7 Å². The number of amides is 2. The van der Waals surface area contributed by atoms with Crippen LogP contribution in [0.3, 0.4) is 0 Å². The van der Waals surface area contributed by atoms with Crippen molar-refractivity contribution in [3.05, 3.63) is 34.9 Å². The molecule has 1 atom stereocenters. The molecule has 120 valence electrons. The fourth-order valence-corrected chi connectivity index (χ4v) is 3.35. The lowest BCUT2D eigenvalue weighted by atomic mass is 9.96. The van der Waals surface area contributed by atoms with E-state index < -0.39 is 0 Å². The first kappa shape index (κ1) is 15.6. The van der Waals surface area contributed by atoms with Crippen molar-refractivity contribution in [3.8, 4) is 0 Å². The van der Waals surface area contributed by atoms with Gasteiger partial charge in [0.1, 0.15) is 6.10 Å². The first-order valence-corrected chi connectivity index (χ1v) is 8.52. The molecule has 1 aromatic carbocycles. The van der Waals surface area contributed by atoms with E-state index in [9.17, 15) is 4.79 Å². The SMILES string of the molecule is O=C(NC1CCCCC1)N1CCOC(c2ccc(Cl)cc2)C1. The fraction of sp³-hybridized carbons (Fsp3) is 0.588. The lowest BCUT2D eigenvalue weighted by Gasteiger charge is -2.35. The molecule has 1 aliphatic heterocycles. The summed E-state index contributed by atoms with van der Waals surface area (Å²) in [5.74, 6) is 0. The summed E-state index contributed by atoms with van der Waals surface area (Å²) in [6, 6.07) is 8.06. The van der Waals surface area contributed by atoms with Crippen LogP contribution < -0.4 is 5.32 Å². The normalized spacial score (nSPS) is 23.3. The number of nitrogens with one attached hydrogen (secondary N) is 1. The minimum Gasteiger partial charge on any atom is -0.370 e. The average molecular weight is 323 g/mol. The number of carbonyl (C=O) groups is 1. The summed E-state index contributed by atoms with van der Waals surface area (Å²) >= 11 is 5.92. The van der Waals surface area contributed by atoms with E-state index in [1.54, 1.807) is 0 Å². The second-order valence-electron chi connectivity index (χ2n) is 6.14. The monoisotopic (exact) mass is 322 g/mol. The minimum absolute atomic E-state index is 0.0502. The molecule has 4 nitrogen and oxygen atoms in total. The standard InChI is InChI=1S/C17H23ClN2O2/c18-14-8-6-13(7-9-14)16-12-20(10-11-22-16)17(21)19-15-4-2-1-3-5-15/h6-9,15-16H,1-5,10-12H2,(H,19,21). The van der Waals surface area contributed by atoms with Gasteiger partial charge in [0.25, 0.3) is 0 Å². The molecule has 1 aromatic rings. The second-order valence-corrected chi connectivity index (χ2v) is 6.58. The molecule has 1 N–H and O–H groups in total. The quantitative estimate of drug-likeness (QED) is 0.900. The number of rotatable bonds is 2. The van der Waals surface area contributed by atoms with Crippen LogP contribution in [0.5, 0.6) is 0 Å². The number of hydrogen-bond acceptors (Lipinski definition) is 2. The van der Waals surface area contributed by atoms with E-state index in [1.807, 2.05) is 29.2 Å². The Morgan fingerprint density at radius 3 is 2.64 bits per heavy atom. The Hall–Kier alpha value is -1.26. The molecule has 2 fully saturated rings. The van der Waals surface area contributed by atoms with Crippen molar-refractivity contribution >= 4 is 17.6 Å². The average Bonchev–Trinajstić information content (AvgIpc) is 2.56. The van der Waals surface area contributed by atoms with Crippen LogP contribution in [0, 0.1) is 0 Å². The molecule has 3 rings (SSSR count). The van der Waals surface area contributed by atoms with Crippen LogP contribution >= 0.6 is 11.6 Å².